The zero-order chi connectivity index (χ0) is 71.5. The van der Waals surface area contributed by atoms with Crippen molar-refractivity contribution in [2.45, 2.75) is 38.6 Å². The third-order valence-corrected chi connectivity index (χ3v) is 16.8. The van der Waals surface area contributed by atoms with Gasteiger partial charge in [-0.25, -0.2) is 9.97 Å². The van der Waals surface area contributed by atoms with E-state index >= 15 is 0 Å². The number of hydrogen-bond acceptors (Lipinski definition) is 14. The molecule has 0 spiro atoms. The molecule has 7 aromatic heterocycles. The summed E-state index contributed by atoms with van der Waals surface area (Å²) in [6, 6.07) is 20.1. The maximum atomic E-state index is 14.3. The van der Waals surface area contributed by atoms with E-state index in [-0.39, 0.29) is 130 Å². The first kappa shape index (κ1) is 68.6. The zero-order valence-corrected chi connectivity index (χ0v) is 56.0. The number of nitrogens with zero attached hydrogens (tertiary/aromatic N) is 9. The molecule has 516 valence electrons. The van der Waals surface area contributed by atoms with Crippen LogP contribution < -0.4 is 58.1 Å². The van der Waals surface area contributed by atoms with Crippen molar-refractivity contribution < 1.29 is 57.8 Å². The summed E-state index contributed by atoms with van der Waals surface area (Å²) in [4.78, 5) is 159. The van der Waals surface area contributed by atoms with Gasteiger partial charge in [-0.3, -0.25) is 52.7 Å². The van der Waals surface area contributed by atoms with Gasteiger partial charge in [0.25, 0.3) is 41.4 Å². The van der Waals surface area contributed by atoms with Crippen molar-refractivity contribution in [2.24, 2.45) is 42.3 Å². The lowest BCUT2D eigenvalue weighted by Crippen LogP contribution is -2.46. The number of aromatic nitrogens is 9. The molecule has 0 saturated carbocycles. The Morgan fingerprint density at radius 1 is 0.560 bits per heavy atom. The van der Waals surface area contributed by atoms with E-state index in [4.69, 9.17) is 11.6 Å². The summed E-state index contributed by atoms with van der Waals surface area (Å²) >= 11 is 6.45. The maximum absolute atomic E-state index is 14.3. The second-order valence-electron chi connectivity index (χ2n) is 24.0. The van der Waals surface area contributed by atoms with Crippen LogP contribution in [0, 0.1) is 0 Å². The average Bonchev–Trinajstić information content (AvgIpc) is 1.58. The van der Waals surface area contributed by atoms with E-state index < -0.39 is 53.3 Å². The highest BCUT2D eigenvalue weighted by Crippen LogP contribution is 2.46. The van der Waals surface area contributed by atoms with Crippen molar-refractivity contribution in [1.29, 1.82) is 0 Å². The number of alkyl halides is 1. The van der Waals surface area contributed by atoms with Crippen molar-refractivity contribution in [2.75, 3.05) is 67.6 Å². The third-order valence-electron chi connectivity index (χ3n) is 16.5. The largest absolute Gasteiger partial charge is 0.507 e. The Morgan fingerprint density at radius 2 is 1.11 bits per heavy atom. The van der Waals surface area contributed by atoms with Gasteiger partial charge in [-0.05, 0) is 59.8 Å². The van der Waals surface area contributed by atoms with Crippen LogP contribution in [0.1, 0.15) is 112 Å². The van der Waals surface area contributed by atoms with Gasteiger partial charge < -0.3 is 95.6 Å². The monoisotopic (exact) mass is 1380 g/mol. The number of aromatic hydroxyl groups is 1. The normalized spacial score (nSPS) is 12.7. The second kappa shape index (κ2) is 28.5. The molecule has 1 unspecified atom stereocenters. The summed E-state index contributed by atoms with van der Waals surface area (Å²) in [7, 11) is 9.52. The molecule has 3 aromatic carbocycles. The van der Waals surface area contributed by atoms with E-state index in [1.165, 1.54) is 99.0 Å². The Bertz CT molecular complexity index is 5000. The Balaban J connectivity index is 0.733. The molecule has 10 aromatic rings. The Labute approximate surface area is 573 Å². The lowest BCUT2D eigenvalue weighted by molar-refractivity contribution is -0.126. The van der Waals surface area contributed by atoms with E-state index in [2.05, 4.69) is 68.1 Å². The van der Waals surface area contributed by atoms with Gasteiger partial charge in [-0.2, -0.15) is 0 Å². The van der Waals surface area contributed by atoms with Crippen LogP contribution in [-0.4, -0.2) is 144 Å². The highest BCUT2D eigenvalue weighted by Gasteiger charge is 2.36. The summed E-state index contributed by atoms with van der Waals surface area (Å²) in [5, 5.41) is 39.9. The first-order valence-electron chi connectivity index (χ1n) is 31.1. The summed E-state index contributed by atoms with van der Waals surface area (Å²) in [5.41, 5.74) is 4.11. The van der Waals surface area contributed by atoms with E-state index in [0.29, 0.717) is 39.9 Å². The summed E-state index contributed by atoms with van der Waals surface area (Å²) in [6.07, 6.45) is 8.50. The van der Waals surface area contributed by atoms with Crippen molar-refractivity contribution in [1.82, 2.24) is 58.3 Å². The van der Waals surface area contributed by atoms with Gasteiger partial charge in [0, 0.05) is 165 Å². The highest BCUT2D eigenvalue weighted by molar-refractivity contribution is 6.20. The third kappa shape index (κ3) is 14.9. The number of benzene rings is 3. The number of H-pyrrole nitrogens is 1. The molecule has 1 aliphatic rings. The van der Waals surface area contributed by atoms with Gasteiger partial charge in [0.15, 0.2) is 11.6 Å². The number of halogens is 1. The predicted octanol–water partition coefficient (Wildman–Crippen LogP) is 5.82. The summed E-state index contributed by atoms with van der Waals surface area (Å²) in [5.74, 6) is -5.59. The Morgan fingerprint density at radius 3 is 1.73 bits per heavy atom. The van der Waals surface area contributed by atoms with Crippen molar-refractivity contribution >= 4 is 144 Å². The number of aryl methyl sites for hydroxylation is 6. The van der Waals surface area contributed by atoms with E-state index in [0.717, 1.165) is 10.9 Å². The van der Waals surface area contributed by atoms with Gasteiger partial charge in [0.2, 0.25) is 35.3 Å². The van der Waals surface area contributed by atoms with Crippen molar-refractivity contribution in [3.05, 3.63) is 162 Å². The number of carbonyl (C=O) groups excluding carboxylic acids is 11. The summed E-state index contributed by atoms with van der Waals surface area (Å²) < 4.78 is 8.80. The molecule has 32 nitrogen and oxygen atoms in total. The highest BCUT2D eigenvalue weighted by atomic mass is 35.5. The number of hydrogen-bond donors (Lipinski definition) is 12. The minimum Gasteiger partial charge on any atom is -0.507 e. The van der Waals surface area contributed by atoms with E-state index in [9.17, 15) is 57.8 Å². The van der Waals surface area contributed by atoms with Gasteiger partial charge in [0.05, 0.1) is 28.4 Å². The lowest BCUT2D eigenvalue weighted by Gasteiger charge is -2.19. The second-order valence-corrected chi connectivity index (χ2v) is 24.3. The molecule has 2 atom stereocenters. The predicted molar refractivity (Wildman–Crippen MR) is 372 cm³/mol. The number of phenolic OH excluding ortho intramolecular Hbond substituents is 1. The molecule has 0 bridgehead atoms. The molecule has 0 saturated heterocycles. The minimum atomic E-state index is -1.31. The fourth-order valence-corrected chi connectivity index (χ4v) is 12.0. The number of phenols is 1. The lowest BCUT2D eigenvalue weighted by atomic mass is 9.95. The Hall–Kier alpha value is -12.7. The van der Waals surface area contributed by atoms with Crippen LogP contribution in [0.15, 0.2) is 116 Å². The zero-order valence-electron chi connectivity index (χ0n) is 55.2. The van der Waals surface area contributed by atoms with Crippen molar-refractivity contribution in [3.63, 3.8) is 0 Å². The topological polar surface area (TPSA) is 403 Å². The maximum Gasteiger partial charge on any atom is 0.292 e. The molecule has 12 N–H and O–H groups in total. The molecular weight excluding hydrogens is 1310 g/mol. The number of amides is 11. The SMILES string of the molecule is CC(=O)Nc1cc(C(=O)Nc2cc(C(=O)NCCC(=O)N[C@H](CCNC(=O)c3cc(NC(=O)c4nc(NC(=O)c5nc(NC(C)=O)cn5C)cn4C)cn3C)C(=O)Nc3cc(NC(=O)c4ccc5[nH]c(C(=O)N6CC(CCl)c7c6cc(O)c6ccccc76)cc5c4)n(C)c3)n(C)c2)n(C)c1. The van der Waals surface area contributed by atoms with Crippen LogP contribution in [0.25, 0.3) is 21.7 Å². The summed E-state index contributed by atoms with van der Waals surface area (Å²) in [6.45, 7) is 2.56. The number of nitrogens with one attached hydrogen (secondary N) is 11. The van der Waals surface area contributed by atoms with E-state index in [1.807, 2.05) is 24.3 Å². The molecule has 0 radical (unpaired) electrons. The average molecular weight is 1380 g/mol. The molecule has 100 heavy (non-hydrogen) atoms. The van der Waals surface area contributed by atoms with Gasteiger partial charge in [-0.1, -0.05) is 24.3 Å². The van der Waals surface area contributed by atoms with Crippen molar-refractivity contribution in [3.8, 4) is 5.75 Å². The molecule has 11 amide bonds. The Kier molecular flexibility index (Phi) is 19.6. The van der Waals surface area contributed by atoms with Crippen LogP contribution in [-0.2, 0) is 61.5 Å². The number of imidazole rings is 2. The molecule has 0 fully saturated rings. The first-order chi connectivity index (χ1) is 47.7. The van der Waals surface area contributed by atoms with Crippen LogP contribution in [0.3, 0.4) is 0 Å². The van der Waals surface area contributed by atoms with Gasteiger partial charge in [0.1, 0.15) is 40.4 Å². The van der Waals surface area contributed by atoms with Gasteiger partial charge in [-0.15, -0.1) is 11.6 Å². The number of rotatable bonds is 23. The van der Waals surface area contributed by atoms with Crippen LogP contribution in [0.2, 0.25) is 0 Å². The van der Waals surface area contributed by atoms with Crippen LogP contribution >= 0.6 is 11.6 Å². The molecule has 11 rings (SSSR count). The molecule has 1 aliphatic heterocycles. The van der Waals surface area contributed by atoms with Crippen LogP contribution in [0.4, 0.5) is 45.9 Å². The number of fused-ring (bicyclic) bond motifs is 4. The standard InChI is InChI=1S/C67H69ClN20O12/c1-34(89)71-39-21-51(84(5)28-39)64(97)74-40-22-49(82(3)29-40)63(96)70-18-16-56(92)77-46(15-17-69-62(95)50-23-41(30-83(50)4)75-65(98)58-79-54(33-87(58)8)80-66(99)59-78-53(32-86(59)7)72-35(2)90)61(94)73-42-24-55(85(6)31-42)81-60(93)36-13-14-45-37(19-36)20-47(76-45)67(100)88-27-38(26-68)57-44-12-10-9-11-43(44)52(91)25-48(57)88/h9-14,19-25,28-33,38,46,76,91H,15-18,26-27H2,1-8H3,(H,69,95)(H,70,96)(H,71,89)(H,72,90)(H,73,94)(H,74,97)(H,75,98)(H,77,92)(H,80,99)(H,81,93)/t38?,46-/m1/s1. The fourth-order valence-electron chi connectivity index (χ4n) is 11.8. The molecule has 8 heterocycles. The van der Waals surface area contributed by atoms with E-state index in [1.54, 1.807) is 81.2 Å². The minimum absolute atomic E-state index is 0.0238. The smallest absolute Gasteiger partial charge is 0.292 e. The van der Waals surface area contributed by atoms with Crippen LogP contribution in [0.5, 0.6) is 5.75 Å². The number of carbonyl (C=O) groups is 11. The molecule has 0 aliphatic carbocycles. The quantitative estimate of drug-likeness (QED) is 0.0336. The number of anilines is 8. The van der Waals surface area contributed by atoms with Gasteiger partial charge >= 0.3 is 0 Å². The molecule has 33 heteroatoms. The fraction of sp³-hybridized carbons (Fsp3) is 0.239. The number of aromatic amines is 1. The first-order valence-corrected chi connectivity index (χ1v) is 31.7. The molecular formula is C67H69ClN20O12.